The summed E-state index contributed by atoms with van der Waals surface area (Å²) >= 11 is 0. The molecule has 5 nitrogen and oxygen atoms in total. The highest BCUT2D eigenvalue weighted by Gasteiger charge is 2.43. The molecule has 2 aliphatic rings. The fourth-order valence-corrected chi connectivity index (χ4v) is 4.52. The molecule has 1 aliphatic heterocycles. The van der Waals surface area contributed by atoms with E-state index in [1.165, 1.54) is 36.9 Å². The van der Waals surface area contributed by atoms with Gasteiger partial charge in [0.15, 0.2) is 0 Å². The van der Waals surface area contributed by atoms with Crippen LogP contribution in [0.2, 0.25) is 0 Å². The molecule has 5 heteroatoms. The second-order valence-corrected chi connectivity index (χ2v) is 7.07. The molecule has 23 heavy (non-hydrogen) atoms. The number of aryl methyl sites for hydroxylation is 1. The highest BCUT2D eigenvalue weighted by Crippen LogP contribution is 2.43. The molecule has 1 fully saturated rings. The van der Waals surface area contributed by atoms with E-state index in [4.69, 9.17) is 4.98 Å². The Morgan fingerprint density at radius 2 is 2.17 bits per heavy atom. The van der Waals surface area contributed by atoms with Crippen LogP contribution < -0.4 is 0 Å². The lowest BCUT2D eigenvalue weighted by atomic mass is 9.77. The zero-order valence-corrected chi connectivity index (χ0v) is 13.2. The lowest BCUT2D eigenvalue weighted by Gasteiger charge is -2.40. The Morgan fingerprint density at radius 1 is 1.22 bits per heavy atom. The van der Waals surface area contributed by atoms with Gasteiger partial charge in [-0.2, -0.15) is 5.10 Å². The molecular formula is C18H21N5. The standard InChI is InChI=1S/C18H21N5/c1-2-5-15-14(4-1)20-16(21-15)11-23-9-3-7-18(12-23)8-6-13-10-19-22-17(13)18/h1-2,4-5,10H,3,6-9,11-12H2,(H,19,22)(H,20,21). The van der Waals surface area contributed by atoms with Crippen molar-refractivity contribution < 1.29 is 0 Å². The molecule has 3 heterocycles. The third kappa shape index (κ3) is 2.10. The molecule has 1 aromatic carbocycles. The molecule has 2 N–H and O–H groups in total. The second kappa shape index (κ2) is 4.93. The minimum absolute atomic E-state index is 0.288. The summed E-state index contributed by atoms with van der Waals surface area (Å²) in [5.74, 6) is 1.08. The number of H-pyrrole nitrogens is 2. The first-order chi connectivity index (χ1) is 11.3. The molecule has 2 aromatic heterocycles. The fourth-order valence-electron chi connectivity index (χ4n) is 4.52. The lowest BCUT2D eigenvalue weighted by molar-refractivity contribution is 0.134. The number of hydrogen-bond donors (Lipinski definition) is 2. The van der Waals surface area contributed by atoms with Crippen LogP contribution in [-0.2, 0) is 18.4 Å². The Balaban J connectivity index is 1.39. The van der Waals surface area contributed by atoms with Crippen LogP contribution in [0.1, 0.15) is 36.3 Å². The number of nitrogens with zero attached hydrogens (tertiary/aromatic N) is 3. The van der Waals surface area contributed by atoms with Gasteiger partial charge in [-0.05, 0) is 49.9 Å². The SMILES string of the molecule is c1ccc2[nH]c(CN3CCCC4(CCc5cn[nH]c54)C3)nc2c1. The summed E-state index contributed by atoms with van der Waals surface area (Å²) in [5, 5.41) is 7.55. The first kappa shape index (κ1) is 13.3. The number of aromatic amines is 2. The summed E-state index contributed by atoms with van der Waals surface area (Å²) < 4.78 is 0. The van der Waals surface area contributed by atoms with Crippen molar-refractivity contribution in [2.24, 2.45) is 0 Å². The van der Waals surface area contributed by atoms with Crippen molar-refractivity contribution in [3.05, 3.63) is 47.5 Å². The number of aromatic nitrogens is 4. The highest BCUT2D eigenvalue weighted by molar-refractivity contribution is 5.74. The number of benzene rings is 1. The number of piperidine rings is 1. The van der Waals surface area contributed by atoms with E-state index in [1.807, 2.05) is 12.3 Å². The molecule has 3 aromatic rings. The molecule has 118 valence electrons. The van der Waals surface area contributed by atoms with E-state index in [0.29, 0.717) is 0 Å². The van der Waals surface area contributed by atoms with Gasteiger partial charge in [0.05, 0.1) is 23.8 Å². The molecule has 5 rings (SSSR count). The molecule has 0 amide bonds. The monoisotopic (exact) mass is 307 g/mol. The largest absolute Gasteiger partial charge is 0.341 e. The average Bonchev–Trinajstić information content (AvgIpc) is 3.25. The maximum atomic E-state index is 4.74. The first-order valence-corrected chi connectivity index (χ1v) is 8.51. The summed E-state index contributed by atoms with van der Waals surface area (Å²) in [6.07, 6.45) is 6.97. The second-order valence-electron chi connectivity index (χ2n) is 7.07. The number of nitrogens with one attached hydrogen (secondary N) is 2. The van der Waals surface area contributed by atoms with E-state index >= 15 is 0 Å². The molecule has 1 aliphatic carbocycles. The number of likely N-dealkylation sites (tertiary alicyclic amines) is 1. The van der Waals surface area contributed by atoms with Crippen molar-refractivity contribution >= 4 is 11.0 Å². The molecule has 0 bridgehead atoms. The molecule has 1 unspecified atom stereocenters. The van der Waals surface area contributed by atoms with Gasteiger partial charge in [-0.15, -0.1) is 0 Å². The summed E-state index contributed by atoms with van der Waals surface area (Å²) in [6, 6.07) is 8.26. The third-order valence-corrected chi connectivity index (χ3v) is 5.59. The van der Waals surface area contributed by atoms with Crippen molar-refractivity contribution in [3.8, 4) is 0 Å². The minimum atomic E-state index is 0.288. The van der Waals surface area contributed by atoms with E-state index in [9.17, 15) is 0 Å². The van der Waals surface area contributed by atoms with Gasteiger partial charge in [0.2, 0.25) is 0 Å². The maximum Gasteiger partial charge on any atom is 0.121 e. The van der Waals surface area contributed by atoms with Crippen LogP contribution in [-0.4, -0.2) is 38.2 Å². The van der Waals surface area contributed by atoms with Crippen LogP contribution in [0, 0.1) is 0 Å². The van der Waals surface area contributed by atoms with E-state index in [2.05, 4.69) is 38.3 Å². The number of hydrogen-bond acceptors (Lipinski definition) is 3. The molecular weight excluding hydrogens is 286 g/mol. The Hall–Kier alpha value is -2.14. The summed E-state index contributed by atoms with van der Waals surface area (Å²) in [5.41, 5.74) is 5.30. The Labute approximate surface area is 135 Å². The number of imidazole rings is 1. The van der Waals surface area contributed by atoms with Crippen molar-refractivity contribution in [2.45, 2.75) is 37.6 Å². The number of para-hydroxylation sites is 2. The van der Waals surface area contributed by atoms with Crippen LogP contribution in [0.15, 0.2) is 30.5 Å². The van der Waals surface area contributed by atoms with Crippen LogP contribution in [0.3, 0.4) is 0 Å². The van der Waals surface area contributed by atoms with Gasteiger partial charge in [-0.3, -0.25) is 10.00 Å². The Bertz CT molecular complexity index is 815. The average molecular weight is 307 g/mol. The van der Waals surface area contributed by atoms with Crippen molar-refractivity contribution in [3.63, 3.8) is 0 Å². The third-order valence-electron chi connectivity index (χ3n) is 5.59. The van der Waals surface area contributed by atoms with Crippen LogP contribution in [0.4, 0.5) is 0 Å². The van der Waals surface area contributed by atoms with Gasteiger partial charge in [0, 0.05) is 17.7 Å². The maximum absolute atomic E-state index is 4.74. The zero-order chi connectivity index (χ0) is 15.3. The molecule has 1 saturated heterocycles. The lowest BCUT2D eigenvalue weighted by Crippen LogP contribution is -2.45. The van der Waals surface area contributed by atoms with Crippen LogP contribution >= 0.6 is 0 Å². The van der Waals surface area contributed by atoms with Crippen molar-refractivity contribution in [2.75, 3.05) is 13.1 Å². The Morgan fingerprint density at radius 3 is 3.13 bits per heavy atom. The van der Waals surface area contributed by atoms with Gasteiger partial charge in [0.1, 0.15) is 5.82 Å². The Kier molecular flexibility index (Phi) is 2.85. The van der Waals surface area contributed by atoms with E-state index < -0.39 is 0 Å². The summed E-state index contributed by atoms with van der Waals surface area (Å²) in [6.45, 7) is 3.17. The molecule has 0 radical (unpaired) electrons. The van der Waals surface area contributed by atoms with Crippen molar-refractivity contribution in [1.82, 2.24) is 25.1 Å². The topological polar surface area (TPSA) is 60.6 Å². The minimum Gasteiger partial charge on any atom is -0.341 e. The number of rotatable bonds is 2. The van der Waals surface area contributed by atoms with Gasteiger partial charge in [0.25, 0.3) is 0 Å². The van der Waals surface area contributed by atoms with Gasteiger partial charge >= 0.3 is 0 Å². The molecule has 0 saturated carbocycles. The first-order valence-electron chi connectivity index (χ1n) is 8.51. The predicted octanol–water partition coefficient (Wildman–Crippen LogP) is 2.77. The van der Waals surface area contributed by atoms with E-state index in [0.717, 1.165) is 36.5 Å². The smallest absolute Gasteiger partial charge is 0.121 e. The van der Waals surface area contributed by atoms with Gasteiger partial charge < -0.3 is 4.98 Å². The van der Waals surface area contributed by atoms with Gasteiger partial charge in [-0.25, -0.2) is 4.98 Å². The fraction of sp³-hybridized carbons (Fsp3) is 0.444. The quantitative estimate of drug-likeness (QED) is 0.765. The zero-order valence-electron chi connectivity index (χ0n) is 13.2. The normalized spacial score (nSPS) is 24.5. The van der Waals surface area contributed by atoms with E-state index in [-0.39, 0.29) is 5.41 Å². The molecule has 1 spiro atoms. The number of fused-ring (bicyclic) bond motifs is 3. The predicted molar refractivity (Wildman–Crippen MR) is 89.2 cm³/mol. The highest BCUT2D eigenvalue weighted by atomic mass is 15.2. The van der Waals surface area contributed by atoms with Crippen LogP contribution in [0.25, 0.3) is 11.0 Å². The summed E-state index contributed by atoms with van der Waals surface area (Å²) in [4.78, 5) is 10.8. The van der Waals surface area contributed by atoms with Gasteiger partial charge in [-0.1, -0.05) is 12.1 Å². The summed E-state index contributed by atoms with van der Waals surface area (Å²) in [7, 11) is 0. The van der Waals surface area contributed by atoms with Crippen molar-refractivity contribution in [1.29, 1.82) is 0 Å². The van der Waals surface area contributed by atoms with Crippen LogP contribution in [0.5, 0.6) is 0 Å². The van der Waals surface area contributed by atoms with E-state index in [1.54, 1.807) is 0 Å². The molecule has 1 atom stereocenters.